The van der Waals surface area contributed by atoms with Gasteiger partial charge in [0, 0.05) is 31.6 Å². The average molecular weight is 431 g/mol. The lowest BCUT2D eigenvalue weighted by Crippen LogP contribution is -2.23. The summed E-state index contributed by atoms with van der Waals surface area (Å²) in [7, 11) is 0. The van der Waals surface area contributed by atoms with Crippen LogP contribution in [0.25, 0.3) is 11.3 Å². The predicted octanol–water partition coefficient (Wildman–Crippen LogP) is 4.70. The van der Waals surface area contributed by atoms with Crippen LogP contribution in [0.2, 0.25) is 0 Å². The van der Waals surface area contributed by atoms with Gasteiger partial charge in [-0.3, -0.25) is 4.79 Å². The van der Waals surface area contributed by atoms with Crippen molar-refractivity contribution in [3.8, 4) is 17.2 Å². The Hall–Kier alpha value is -4.00. The summed E-state index contributed by atoms with van der Waals surface area (Å²) >= 11 is 0. The molecule has 4 aromatic rings. The smallest absolute Gasteiger partial charge is 0.220 e. The van der Waals surface area contributed by atoms with Crippen LogP contribution in [0.3, 0.4) is 0 Å². The van der Waals surface area contributed by atoms with Crippen LogP contribution in [0.15, 0.2) is 83.5 Å². The van der Waals surface area contributed by atoms with Crippen LogP contribution in [0, 0.1) is 5.82 Å². The molecule has 1 amide bonds. The fraction of sp³-hybridized carbons (Fsp3) is 0.160. The van der Waals surface area contributed by atoms with Gasteiger partial charge < -0.3 is 14.5 Å². The van der Waals surface area contributed by atoms with E-state index >= 15 is 0 Å². The van der Waals surface area contributed by atoms with E-state index in [-0.39, 0.29) is 18.1 Å². The van der Waals surface area contributed by atoms with E-state index in [1.165, 1.54) is 12.3 Å². The number of amides is 1. The van der Waals surface area contributed by atoms with Crippen molar-refractivity contribution < 1.29 is 18.3 Å². The van der Waals surface area contributed by atoms with E-state index in [9.17, 15) is 9.18 Å². The van der Waals surface area contributed by atoms with E-state index in [1.807, 2.05) is 36.4 Å². The SMILES string of the molecule is O=C(CCc1ncc(-c2ccccc2F)o1)NCc1ccnc(OCc2ccccc2)c1. The summed E-state index contributed by atoms with van der Waals surface area (Å²) in [6.07, 6.45) is 3.65. The van der Waals surface area contributed by atoms with Crippen molar-refractivity contribution in [3.63, 3.8) is 0 Å². The molecule has 0 radical (unpaired) electrons. The highest BCUT2D eigenvalue weighted by Crippen LogP contribution is 2.23. The van der Waals surface area contributed by atoms with E-state index in [2.05, 4.69) is 15.3 Å². The Balaban J connectivity index is 1.24. The first-order valence-electron chi connectivity index (χ1n) is 10.3. The highest BCUT2D eigenvalue weighted by atomic mass is 19.1. The average Bonchev–Trinajstić information content (AvgIpc) is 3.30. The molecule has 2 aromatic carbocycles. The molecule has 2 heterocycles. The maximum absolute atomic E-state index is 13.9. The number of hydrogen-bond acceptors (Lipinski definition) is 5. The van der Waals surface area contributed by atoms with Gasteiger partial charge in [-0.05, 0) is 29.3 Å². The minimum absolute atomic E-state index is 0.140. The molecule has 7 heteroatoms. The third kappa shape index (κ3) is 5.78. The minimum atomic E-state index is -0.377. The molecule has 0 unspecified atom stereocenters. The fourth-order valence-electron chi connectivity index (χ4n) is 3.09. The summed E-state index contributed by atoms with van der Waals surface area (Å²) in [5, 5.41) is 2.87. The van der Waals surface area contributed by atoms with Gasteiger partial charge in [0.15, 0.2) is 11.7 Å². The summed E-state index contributed by atoms with van der Waals surface area (Å²) in [4.78, 5) is 20.6. The zero-order valence-corrected chi connectivity index (χ0v) is 17.3. The van der Waals surface area contributed by atoms with Gasteiger partial charge in [-0.25, -0.2) is 14.4 Å². The molecule has 0 saturated carbocycles. The van der Waals surface area contributed by atoms with Crippen LogP contribution in [0.4, 0.5) is 4.39 Å². The van der Waals surface area contributed by atoms with Crippen LogP contribution in [-0.2, 0) is 24.4 Å². The Bertz CT molecular complexity index is 1180. The van der Waals surface area contributed by atoms with Crippen LogP contribution in [0.1, 0.15) is 23.4 Å². The number of carbonyl (C=O) groups is 1. The molecule has 0 bridgehead atoms. The van der Waals surface area contributed by atoms with Gasteiger partial charge in [0.1, 0.15) is 12.4 Å². The van der Waals surface area contributed by atoms with Crippen molar-refractivity contribution in [1.29, 1.82) is 0 Å². The van der Waals surface area contributed by atoms with E-state index in [4.69, 9.17) is 9.15 Å². The van der Waals surface area contributed by atoms with E-state index in [1.54, 1.807) is 30.5 Å². The monoisotopic (exact) mass is 431 g/mol. The molecule has 6 nitrogen and oxygen atoms in total. The van der Waals surface area contributed by atoms with Crippen LogP contribution < -0.4 is 10.1 Å². The van der Waals surface area contributed by atoms with E-state index < -0.39 is 0 Å². The molecular formula is C25H22FN3O3. The highest BCUT2D eigenvalue weighted by molar-refractivity contribution is 5.76. The van der Waals surface area contributed by atoms with Crippen molar-refractivity contribution in [3.05, 3.63) is 102 Å². The highest BCUT2D eigenvalue weighted by Gasteiger charge is 2.12. The molecule has 0 aliphatic carbocycles. The number of benzene rings is 2. The summed E-state index contributed by atoms with van der Waals surface area (Å²) in [5.41, 5.74) is 2.28. The second-order valence-corrected chi connectivity index (χ2v) is 7.15. The molecule has 0 aliphatic heterocycles. The maximum atomic E-state index is 13.9. The van der Waals surface area contributed by atoms with Gasteiger partial charge in [-0.2, -0.15) is 0 Å². The van der Waals surface area contributed by atoms with E-state index in [0.29, 0.717) is 42.7 Å². The molecule has 4 rings (SSSR count). The van der Waals surface area contributed by atoms with Crippen molar-refractivity contribution in [2.45, 2.75) is 26.0 Å². The third-order valence-electron chi connectivity index (χ3n) is 4.78. The van der Waals surface area contributed by atoms with Crippen molar-refractivity contribution in [2.24, 2.45) is 0 Å². The quantitative estimate of drug-likeness (QED) is 0.416. The molecule has 1 N–H and O–H groups in total. The second kappa shape index (κ2) is 10.3. The van der Waals surface area contributed by atoms with Crippen molar-refractivity contribution in [2.75, 3.05) is 0 Å². The molecular weight excluding hydrogens is 409 g/mol. The molecule has 0 atom stereocenters. The largest absolute Gasteiger partial charge is 0.473 e. The van der Waals surface area contributed by atoms with Crippen molar-refractivity contribution in [1.82, 2.24) is 15.3 Å². The van der Waals surface area contributed by atoms with E-state index in [0.717, 1.165) is 11.1 Å². The second-order valence-electron chi connectivity index (χ2n) is 7.15. The topological polar surface area (TPSA) is 77.3 Å². The number of hydrogen-bond donors (Lipinski definition) is 1. The van der Waals surface area contributed by atoms with Crippen LogP contribution in [0.5, 0.6) is 5.88 Å². The zero-order valence-electron chi connectivity index (χ0n) is 17.3. The Kier molecular flexibility index (Phi) is 6.87. The summed E-state index contributed by atoms with van der Waals surface area (Å²) < 4.78 is 25.2. The van der Waals surface area contributed by atoms with Gasteiger partial charge >= 0.3 is 0 Å². The normalized spacial score (nSPS) is 10.7. The summed E-state index contributed by atoms with van der Waals surface area (Å²) in [5.74, 6) is 0.718. The summed E-state index contributed by atoms with van der Waals surface area (Å²) in [6, 6.07) is 19.8. The lowest BCUT2D eigenvalue weighted by Gasteiger charge is -2.08. The number of ether oxygens (including phenoxy) is 1. The maximum Gasteiger partial charge on any atom is 0.220 e. The van der Waals surface area contributed by atoms with Crippen molar-refractivity contribution >= 4 is 5.91 Å². The molecule has 162 valence electrons. The number of carbonyl (C=O) groups excluding carboxylic acids is 1. The van der Waals surface area contributed by atoms with Gasteiger partial charge in [0.05, 0.1) is 11.8 Å². The number of aromatic nitrogens is 2. The molecule has 0 spiro atoms. The van der Waals surface area contributed by atoms with Gasteiger partial charge in [-0.1, -0.05) is 42.5 Å². The number of halogens is 1. The predicted molar refractivity (Wildman–Crippen MR) is 117 cm³/mol. The number of oxazole rings is 1. The Morgan fingerprint density at radius 3 is 2.66 bits per heavy atom. The Labute approximate surface area is 185 Å². The number of rotatable bonds is 9. The van der Waals surface area contributed by atoms with Gasteiger partial charge in [0.25, 0.3) is 0 Å². The first kappa shape index (κ1) is 21.2. The number of nitrogens with zero attached hydrogens (tertiary/aromatic N) is 2. The first-order chi connectivity index (χ1) is 15.7. The lowest BCUT2D eigenvalue weighted by molar-refractivity contribution is -0.121. The van der Waals surface area contributed by atoms with Gasteiger partial charge in [0.2, 0.25) is 11.8 Å². The Morgan fingerprint density at radius 1 is 1.00 bits per heavy atom. The molecule has 0 aliphatic rings. The van der Waals surface area contributed by atoms with Crippen LogP contribution in [-0.4, -0.2) is 15.9 Å². The molecule has 0 fully saturated rings. The number of nitrogens with one attached hydrogen (secondary N) is 1. The number of pyridine rings is 1. The van der Waals surface area contributed by atoms with Gasteiger partial charge in [-0.15, -0.1) is 0 Å². The zero-order chi connectivity index (χ0) is 22.2. The number of aryl methyl sites for hydroxylation is 1. The first-order valence-corrected chi connectivity index (χ1v) is 10.3. The standard InChI is InChI=1S/C25H22FN3O3/c26-21-9-5-4-8-20(21)22-16-29-24(32-22)11-10-23(30)28-15-19-12-13-27-25(14-19)31-17-18-6-2-1-3-7-18/h1-9,12-14,16H,10-11,15,17H2,(H,28,30). The molecule has 2 aromatic heterocycles. The minimum Gasteiger partial charge on any atom is -0.473 e. The molecule has 0 saturated heterocycles. The fourth-order valence-corrected chi connectivity index (χ4v) is 3.09. The molecule has 32 heavy (non-hydrogen) atoms. The van der Waals surface area contributed by atoms with Crippen LogP contribution >= 0.6 is 0 Å². The summed E-state index contributed by atoms with van der Waals surface area (Å²) in [6.45, 7) is 0.782. The Morgan fingerprint density at radius 2 is 1.81 bits per heavy atom. The third-order valence-corrected chi connectivity index (χ3v) is 4.78. The lowest BCUT2D eigenvalue weighted by atomic mass is 10.2.